The lowest BCUT2D eigenvalue weighted by atomic mass is 9.89. The van der Waals surface area contributed by atoms with Gasteiger partial charge < -0.3 is 10.4 Å². The fourth-order valence-corrected chi connectivity index (χ4v) is 2.54. The van der Waals surface area contributed by atoms with Crippen LogP contribution in [-0.2, 0) is 0 Å². The van der Waals surface area contributed by atoms with Gasteiger partial charge in [0.1, 0.15) is 5.75 Å². The van der Waals surface area contributed by atoms with Crippen LogP contribution in [0.5, 0.6) is 5.75 Å². The van der Waals surface area contributed by atoms with Gasteiger partial charge in [-0.2, -0.15) is 0 Å². The molecule has 1 fully saturated rings. The first kappa shape index (κ1) is 11.0. The molecule has 2 nitrogen and oxygen atoms in total. The van der Waals surface area contributed by atoms with Crippen LogP contribution >= 0.6 is 15.9 Å². The molecule has 2 rings (SSSR count). The Morgan fingerprint density at radius 3 is 2.60 bits per heavy atom. The van der Waals surface area contributed by atoms with E-state index in [1.54, 1.807) is 0 Å². The van der Waals surface area contributed by atoms with Crippen molar-refractivity contribution in [3.63, 3.8) is 0 Å². The monoisotopic (exact) mass is 269 g/mol. The zero-order chi connectivity index (χ0) is 10.8. The highest BCUT2D eigenvalue weighted by molar-refractivity contribution is 9.10. The molecule has 0 aromatic heterocycles. The standard InChI is InChI=1S/C12H16BrNO/c1-8-11(13)6-10(7-12(8)15)9-2-4-14-5-3-9/h6-7,9,14-15H,2-5H2,1H3. The maximum Gasteiger partial charge on any atom is 0.119 e. The third kappa shape index (κ3) is 2.34. The van der Waals surface area contributed by atoms with E-state index >= 15 is 0 Å². The van der Waals surface area contributed by atoms with Gasteiger partial charge >= 0.3 is 0 Å². The summed E-state index contributed by atoms with van der Waals surface area (Å²) in [4.78, 5) is 0. The average molecular weight is 270 g/mol. The Hall–Kier alpha value is -0.540. The van der Waals surface area contributed by atoms with Crippen LogP contribution in [0.15, 0.2) is 16.6 Å². The lowest BCUT2D eigenvalue weighted by Crippen LogP contribution is -2.26. The van der Waals surface area contributed by atoms with Crippen LogP contribution in [0.4, 0.5) is 0 Å². The molecule has 1 aliphatic rings. The van der Waals surface area contributed by atoms with Crippen molar-refractivity contribution in [2.45, 2.75) is 25.7 Å². The minimum atomic E-state index is 0.401. The van der Waals surface area contributed by atoms with E-state index in [4.69, 9.17) is 0 Å². The van der Waals surface area contributed by atoms with E-state index in [1.165, 1.54) is 5.56 Å². The molecule has 0 amide bonds. The second-order valence-corrected chi connectivity index (χ2v) is 5.03. The van der Waals surface area contributed by atoms with Crippen molar-refractivity contribution in [1.29, 1.82) is 0 Å². The smallest absolute Gasteiger partial charge is 0.119 e. The van der Waals surface area contributed by atoms with Crippen LogP contribution in [0.2, 0.25) is 0 Å². The fourth-order valence-electron chi connectivity index (χ4n) is 2.08. The van der Waals surface area contributed by atoms with Crippen molar-refractivity contribution in [1.82, 2.24) is 5.32 Å². The van der Waals surface area contributed by atoms with Gasteiger partial charge in [0.15, 0.2) is 0 Å². The van der Waals surface area contributed by atoms with Crippen molar-refractivity contribution < 1.29 is 5.11 Å². The zero-order valence-electron chi connectivity index (χ0n) is 8.89. The predicted octanol–water partition coefficient (Wildman–Crippen LogP) is 2.93. The van der Waals surface area contributed by atoms with Gasteiger partial charge in [-0.1, -0.05) is 15.9 Å². The van der Waals surface area contributed by atoms with Crippen molar-refractivity contribution in [2.75, 3.05) is 13.1 Å². The molecule has 1 aromatic carbocycles. The van der Waals surface area contributed by atoms with Gasteiger partial charge in [-0.15, -0.1) is 0 Å². The maximum atomic E-state index is 9.77. The topological polar surface area (TPSA) is 32.3 Å². The molecule has 0 unspecified atom stereocenters. The van der Waals surface area contributed by atoms with Gasteiger partial charge in [-0.25, -0.2) is 0 Å². The maximum absolute atomic E-state index is 9.77. The lowest BCUT2D eigenvalue weighted by molar-refractivity contribution is 0.449. The largest absolute Gasteiger partial charge is 0.508 e. The van der Waals surface area contributed by atoms with Gasteiger partial charge in [-0.3, -0.25) is 0 Å². The van der Waals surface area contributed by atoms with E-state index in [1.807, 2.05) is 13.0 Å². The number of piperidine rings is 1. The van der Waals surface area contributed by atoms with Crippen LogP contribution in [0, 0.1) is 6.92 Å². The first-order chi connectivity index (χ1) is 7.18. The van der Waals surface area contributed by atoms with Gasteiger partial charge in [0.2, 0.25) is 0 Å². The molecule has 0 aliphatic carbocycles. The third-order valence-corrected chi connectivity index (χ3v) is 3.97. The number of phenolic OH excluding ortho intramolecular Hbond substituents is 1. The van der Waals surface area contributed by atoms with Crippen LogP contribution in [-0.4, -0.2) is 18.2 Å². The number of hydrogen-bond acceptors (Lipinski definition) is 2. The molecular formula is C12H16BrNO. The number of rotatable bonds is 1. The van der Waals surface area contributed by atoms with E-state index in [-0.39, 0.29) is 0 Å². The highest BCUT2D eigenvalue weighted by atomic mass is 79.9. The van der Waals surface area contributed by atoms with Crippen molar-refractivity contribution in [3.05, 3.63) is 27.7 Å². The van der Waals surface area contributed by atoms with E-state index < -0.39 is 0 Å². The highest BCUT2D eigenvalue weighted by Crippen LogP contribution is 2.33. The minimum absolute atomic E-state index is 0.401. The summed E-state index contributed by atoms with van der Waals surface area (Å²) >= 11 is 3.49. The number of nitrogens with one attached hydrogen (secondary N) is 1. The van der Waals surface area contributed by atoms with Gasteiger partial charge in [0.25, 0.3) is 0 Å². The molecule has 15 heavy (non-hydrogen) atoms. The Kier molecular flexibility index (Phi) is 3.32. The lowest BCUT2D eigenvalue weighted by Gasteiger charge is -2.23. The number of benzene rings is 1. The molecule has 82 valence electrons. The molecule has 0 spiro atoms. The number of phenols is 1. The molecule has 1 saturated heterocycles. The summed E-state index contributed by atoms with van der Waals surface area (Å²) in [5.74, 6) is 0.993. The first-order valence-corrected chi connectivity index (χ1v) is 6.17. The minimum Gasteiger partial charge on any atom is -0.508 e. The summed E-state index contributed by atoms with van der Waals surface area (Å²) in [6.45, 7) is 4.08. The third-order valence-electron chi connectivity index (χ3n) is 3.15. The molecule has 0 saturated carbocycles. The Morgan fingerprint density at radius 2 is 2.00 bits per heavy atom. The van der Waals surface area contributed by atoms with Crippen LogP contribution in [0.1, 0.15) is 29.9 Å². The molecule has 1 aliphatic heterocycles. The predicted molar refractivity (Wildman–Crippen MR) is 65.4 cm³/mol. The van der Waals surface area contributed by atoms with Gasteiger partial charge in [0, 0.05) is 10.0 Å². The summed E-state index contributed by atoms with van der Waals surface area (Å²) in [5, 5.41) is 13.1. The zero-order valence-corrected chi connectivity index (χ0v) is 10.5. The van der Waals surface area contributed by atoms with E-state index in [0.29, 0.717) is 11.7 Å². The highest BCUT2D eigenvalue weighted by Gasteiger charge is 2.17. The normalized spacial score (nSPS) is 18.0. The molecule has 2 N–H and O–H groups in total. The first-order valence-electron chi connectivity index (χ1n) is 5.38. The second-order valence-electron chi connectivity index (χ2n) is 4.17. The van der Waals surface area contributed by atoms with Crippen LogP contribution in [0.25, 0.3) is 0 Å². The van der Waals surface area contributed by atoms with Crippen LogP contribution < -0.4 is 5.32 Å². The molecular weight excluding hydrogens is 254 g/mol. The fraction of sp³-hybridized carbons (Fsp3) is 0.500. The van der Waals surface area contributed by atoms with Crippen LogP contribution in [0.3, 0.4) is 0 Å². The Bertz CT molecular complexity index is 336. The van der Waals surface area contributed by atoms with E-state index in [2.05, 4.69) is 27.3 Å². The molecule has 1 aromatic rings. The number of hydrogen-bond donors (Lipinski definition) is 2. The summed E-state index contributed by atoms with van der Waals surface area (Å²) in [7, 11) is 0. The number of aromatic hydroxyl groups is 1. The van der Waals surface area contributed by atoms with Gasteiger partial charge in [0.05, 0.1) is 0 Å². The van der Waals surface area contributed by atoms with E-state index in [0.717, 1.165) is 36.0 Å². The molecule has 3 heteroatoms. The summed E-state index contributed by atoms with van der Waals surface area (Å²) in [6, 6.07) is 4.06. The molecule has 1 heterocycles. The average Bonchev–Trinajstić information content (AvgIpc) is 2.26. The van der Waals surface area contributed by atoms with Crippen molar-refractivity contribution in [2.24, 2.45) is 0 Å². The van der Waals surface area contributed by atoms with Gasteiger partial charge in [-0.05, 0) is 56.5 Å². The SMILES string of the molecule is Cc1c(O)cc(C2CCNCC2)cc1Br. The Labute approximate surface area is 98.8 Å². The Morgan fingerprint density at radius 1 is 1.33 bits per heavy atom. The van der Waals surface area contributed by atoms with E-state index in [9.17, 15) is 5.11 Å². The molecule has 0 atom stereocenters. The van der Waals surface area contributed by atoms with Crippen molar-refractivity contribution in [3.8, 4) is 5.75 Å². The quantitative estimate of drug-likeness (QED) is 0.822. The summed E-state index contributed by atoms with van der Waals surface area (Å²) < 4.78 is 1.01. The summed E-state index contributed by atoms with van der Waals surface area (Å²) in [5.41, 5.74) is 2.18. The van der Waals surface area contributed by atoms with Crippen molar-refractivity contribution >= 4 is 15.9 Å². The summed E-state index contributed by atoms with van der Waals surface area (Å²) in [6.07, 6.45) is 2.32. The molecule has 0 bridgehead atoms. The second kappa shape index (κ2) is 4.54. The molecule has 0 radical (unpaired) electrons. The number of halogens is 1. The Balaban J connectivity index is 2.27.